The summed E-state index contributed by atoms with van der Waals surface area (Å²) in [6.07, 6.45) is 0. The molecule has 9 aromatic carbocycles. The van der Waals surface area contributed by atoms with Crippen LogP contribution in [0.1, 0.15) is 0 Å². The first-order chi connectivity index (χ1) is 27.3. The fourth-order valence-corrected chi connectivity index (χ4v) is 9.58. The molecule has 0 atom stereocenters. The Hall–Kier alpha value is -6.94. The Morgan fingerprint density at radius 3 is 1.91 bits per heavy atom. The molecule has 2 nitrogen and oxygen atoms in total. The first kappa shape index (κ1) is 31.6. The molecular formula is C52H33NOS. The van der Waals surface area contributed by atoms with Crippen molar-refractivity contribution in [2.45, 2.75) is 0 Å². The van der Waals surface area contributed by atoms with Gasteiger partial charge in [-0.25, -0.2) is 0 Å². The van der Waals surface area contributed by atoms with Crippen LogP contribution in [0, 0.1) is 0 Å². The lowest BCUT2D eigenvalue weighted by Crippen LogP contribution is -2.12. The maximum atomic E-state index is 6.56. The molecule has 2 aromatic heterocycles. The normalized spacial score (nSPS) is 11.6. The molecule has 0 saturated heterocycles. The molecular weight excluding hydrogens is 687 g/mol. The monoisotopic (exact) mass is 719 g/mol. The molecule has 11 aromatic rings. The lowest BCUT2D eigenvalue weighted by Gasteiger charge is -2.29. The predicted molar refractivity (Wildman–Crippen MR) is 235 cm³/mol. The van der Waals surface area contributed by atoms with Gasteiger partial charge in [0.2, 0.25) is 0 Å². The number of para-hydroxylation sites is 3. The average Bonchev–Trinajstić information content (AvgIpc) is 3.83. The summed E-state index contributed by atoms with van der Waals surface area (Å²) in [5.74, 6) is 0. The molecule has 0 aliphatic carbocycles. The van der Waals surface area contributed by atoms with Crippen LogP contribution in [0.5, 0.6) is 0 Å². The first-order valence-electron chi connectivity index (χ1n) is 18.7. The van der Waals surface area contributed by atoms with E-state index in [1.807, 2.05) is 17.4 Å². The van der Waals surface area contributed by atoms with Crippen molar-refractivity contribution in [1.29, 1.82) is 0 Å². The number of benzene rings is 9. The lowest BCUT2D eigenvalue weighted by molar-refractivity contribution is 0.670. The van der Waals surface area contributed by atoms with E-state index < -0.39 is 0 Å². The van der Waals surface area contributed by atoms with Crippen molar-refractivity contribution < 1.29 is 4.42 Å². The van der Waals surface area contributed by atoms with Gasteiger partial charge in [-0.15, -0.1) is 11.3 Å². The highest BCUT2D eigenvalue weighted by molar-refractivity contribution is 7.26. The fraction of sp³-hybridized carbons (Fsp3) is 0. The molecule has 0 saturated carbocycles. The first-order valence-corrected chi connectivity index (χ1v) is 19.5. The summed E-state index contributed by atoms with van der Waals surface area (Å²) in [6, 6.07) is 72.2. The summed E-state index contributed by atoms with van der Waals surface area (Å²) in [5.41, 5.74) is 12.1. The van der Waals surface area contributed by atoms with Gasteiger partial charge in [0.25, 0.3) is 0 Å². The minimum atomic E-state index is 0.901. The van der Waals surface area contributed by atoms with E-state index in [1.165, 1.54) is 47.6 Å². The van der Waals surface area contributed by atoms with Gasteiger partial charge in [0.1, 0.15) is 11.2 Å². The lowest BCUT2D eigenvalue weighted by atomic mass is 9.90. The quantitative estimate of drug-likeness (QED) is 0.170. The molecule has 0 bridgehead atoms. The molecule has 0 amide bonds. The fourth-order valence-electron chi connectivity index (χ4n) is 8.46. The van der Waals surface area contributed by atoms with Crippen molar-refractivity contribution >= 4 is 81.3 Å². The summed E-state index contributed by atoms with van der Waals surface area (Å²) >= 11 is 1.85. The van der Waals surface area contributed by atoms with Gasteiger partial charge in [-0.3, -0.25) is 0 Å². The Labute approximate surface area is 322 Å². The van der Waals surface area contributed by atoms with Gasteiger partial charge < -0.3 is 9.32 Å². The second kappa shape index (κ2) is 12.9. The Kier molecular flexibility index (Phi) is 7.39. The number of fused-ring (bicyclic) bond motifs is 7. The van der Waals surface area contributed by atoms with Gasteiger partial charge in [0.05, 0.1) is 11.4 Å². The third kappa shape index (κ3) is 5.16. The van der Waals surface area contributed by atoms with Gasteiger partial charge in [0.15, 0.2) is 0 Å². The highest BCUT2D eigenvalue weighted by Gasteiger charge is 2.23. The van der Waals surface area contributed by atoms with Gasteiger partial charge in [-0.1, -0.05) is 158 Å². The van der Waals surface area contributed by atoms with Crippen LogP contribution in [0.15, 0.2) is 205 Å². The maximum absolute atomic E-state index is 6.56. The second-order valence-corrected chi connectivity index (χ2v) is 15.1. The topological polar surface area (TPSA) is 16.4 Å². The van der Waals surface area contributed by atoms with E-state index in [2.05, 4.69) is 199 Å². The number of rotatable bonds is 6. The zero-order valence-electron chi connectivity index (χ0n) is 29.8. The highest BCUT2D eigenvalue weighted by Crippen LogP contribution is 2.49. The van der Waals surface area contributed by atoms with Crippen molar-refractivity contribution in [3.8, 4) is 33.4 Å². The van der Waals surface area contributed by atoms with Crippen LogP contribution in [0.3, 0.4) is 0 Å². The van der Waals surface area contributed by atoms with Crippen molar-refractivity contribution in [1.82, 2.24) is 0 Å². The van der Waals surface area contributed by atoms with Crippen LogP contribution < -0.4 is 4.90 Å². The van der Waals surface area contributed by atoms with Crippen LogP contribution in [-0.2, 0) is 0 Å². The zero-order chi connectivity index (χ0) is 36.3. The van der Waals surface area contributed by atoms with E-state index in [1.54, 1.807) is 0 Å². The number of hydrogen-bond donors (Lipinski definition) is 0. The van der Waals surface area contributed by atoms with Crippen LogP contribution in [0.4, 0.5) is 17.1 Å². The zero-order valence-corrected chi connectivity index (χ0v) is 30.6. The van der Waals surface area contributed by atoms with Crippen LogP contribution in [0.2, 0.25) is 0 Å². The molecule has 0 spiro atoms. The number of nitrogens with zero attached hydrogens (tertiary/aromatic N) is 1. The third-order valence-electron chi connectivity index (χ3n) is 10.9. The molecule has 11 rings (SSSR count). The maximum Gasteiger partial charge on any atom is 0.143 e. The van der Waals surface area contributed by atoms with Crippen molar-refractivity contribution in [3.63, 3.8) is 0 Å². The Morgan fingerprint density at radius 2 is 1.00 bits per heavy atom. The van der Waals surface area contributed by atoms with Crippen molar-refractivity contribution in [2.75, 3.05) is 4.90 Å². The van der Waals surface area contributed by atoms with Gasteiger partial charge in [-0.2, -0.15) is 0 Å². The Balaban J connectivity index is 1.19. The molecule has 0 N–H and O–H groups in total. The molecule has 55 heavy (non-hydrogen) atoms. The van der Waals surface area contributed by atoms with Crippen molar-refractivity contribution in [2.24, 2.45) is 0 Å². The van der Waals surface area contributed by atoms with E-state index in [4.69, 9.17) is 4.42 Å². The minimum absolute atomic E-state index is 0.901. The summed E-state index contributed by atoms with van der Waals surface area (Å²) in [6.45, 7) is 0. The second-order valence-electron chi connectivity index (χ2n) is 14.0. The van der Waals surface area contributed by atoms with E-state index >= 15 is 0 Å². The molecule has 258 valence electrons. The SMILES string of the molecule is c1ccc(-c2cccc3cccc(-c4ccccc4N(c4cccc(-c5cccc6c5oc5ccccc56)c4)c4cccc5sc6ccccc6c45)c23)cc1. The van der Waals surface area contributed by atoms with Crippen LogP contribution in [-0.4, -0.2) is 0 Å². The number of furan rings is 1. The van der Waals surface area contributed by atoms with E-state index in [0.717, 1.165) is 55.7 Å². The number of anilines is 3. The van der Waals surface area contributed by atoms with Crippen molar-refractivity contribution in [3.05, 3.63) is 200 Å². The van der Waals surface area contributed by atoms with E-state index in [9.17, 15) is 0 Å². The molecule has 0 unspecified atom stereocenters. The molecule has 0 radical (unpaired) electrons. The predicted octanol–water partition coefficient (Wildman–Crippen LogP) is 15.6. The number of hydrogen-bond acceptors (Lipinski definition) is 3. The largest absolute Gasteiger partial charge is 0.455 e. The molecule has 0 aliphatic heterocycles. The standard InChI is InChI=1S/C52H33NOS/c1-2-15-34(16-3-1)38-24-11-17-35-18-12-26-42(50(35)38)40-21-4-7-28-45(40)53(46-29-14-32-49-51(46)44-23-6-9-31-48(44)55-49)37-20-10-19-36(33-37)39-25-13-27-43-41-22-5-8-30-47(41)54-52(39)43/h1-33H. The number of thiophene rings is 1. The summed E-state index contributed by atoms with van der Waals surface area (Å²) < 4.78 is 9.10. The molecule has 0 fully saturated rings. The summed E-state index contributed by atoms with van der Waals surface area (Å²) in [7, 11) is 0. The third-order valence-corrected chi connectivity index (χ3v) is 12.0. The highest BCUT2D eigenvalue weighted by atomic mass is 32.1. The van der Waals surface area contributed by atoms with Gasteiger partial charge in [-0.05, 0) is 75.5 Å². The summed E-state index contributed by atoms with van der Waals surface area (Å²) in [5, 5.41) is 7.23. The minimum Gasteiger partial charge on any atom is -0.455 e. The molecule has 0 aliphatic rings. The van der Waals surface area contributed by atoms with Gasteiger partial charge in [0, 0.05) is 47.8 Å². The van der Waals surface area contributed by atoms with Gasteiger partial charge >= 0.3 is 0 Å². The molecule has 3 heteroatoms. The molecule has 2 heterocycles. The smallest absolute Gasteiger partial charge is 0.143 e. The summed E-state index contributed by atoms with van der Waals surface area (Å²) in [4.78, 5) is 2.48. The Bertz CT molecular complexity index is 3220. The van der Waals surface area contributed by atoms with Crippen LogP contribution in [0.25, 0.3) is 86.3 Å². The Morgan fingerprint density at radius 1 is 0.382 bits per heavy atom. The van der Waals surface area contributed by atoms with E-state index in [-0.39, 0.29) is 0 Å². The van der Waals surface area contributed by atoms with Crippen LogP contribution >= 0.6 is 11.3 Å². The average molecular weight is 720 g/mol. The van der Waals surface area contributed by atoms with E-state index in [0.29, 0.717) is 0 Å².